The first-order chi connectivity index (χ1) is 16.3. The minimum atomic E-state index is -3.61. The lowest BCUT2D eigenvalue weighted by atomic mass is 10.2. The number of nitrogens with zero attached hydrogens (tertiary/aromatic N) is 4. The highest BCUT2D eigenvalue weighted by Gasteiger charge is 2.27. The van der Waals surface area contributed by atoms with E-state index in [1.165, 1.54) is 33.3 Å². The van der Waals surface area contributed by atoms with E-state index in [1.807, 2.05) is 25.1 Å². The molecule has 2 aromatic carbocycles. The Kier molecular flexibility index (Phi) is 7.63. The summed E-state index contributed by atoms with van der Waals surface area (Å²) in [5.41, 5.74) is 2.52. The topological polar surface area (TPSA) is 83.1 Å². The first kappa shape index (κ1) is 24.7. The summed E-state index contributed by atoms with van der Waals surface area (Å²) in [7, 11) is 0.305. The van der Waals surface area contributed by atoms with Crippen molar-refractivity contribution >= 4 is 42.6 Å². The van der Waals surface area contributed by atoms with E-state index in [0.29, 0.717) is 50.1 Å². The standard InChI is InChI=1S/C24H30N4O4S2/c1-4-18-5-10-21-22(17-18)33-24(25-21)28(12-11-26(2)3)23(29)19-6-8-20(9-7-19)34(30,31)27-13-15-32-16-14-27/h5-10,17H,4,11-16H2,1-3H3. The summed E-state index contributed by atoms with van der Waals surface area (Å²) in [4.78, 5) is 22.1. The van der Waals surface area contributed by atoms with Crippen LogP contribution in [0.4, 0.5) is 5.13 Å². The van der Waals surface area contributed by atoms with Crippen LogP contribution in [0.2, 0.25) is 0 Å². The number of carbonyl (C=O) groups is 1. The van der Waals surface area contributed by atoms with Crippen LogP contribution >= 0.6 is 11.3 Å². The second-order valence-electron chi connectivity index (χ2n) is 8.45. The number of aromatic nitrogens is 1. The third-order valence-corrected chi connectivity index (χ3v) is 8.76. The first-order valence-corrected chi connectivity index (χ1v) is 13.6. The number of carbonyl (C=O) groups excluding carboxylic acids is 1. The van der Waals surface area contributed by atoms with E-state index in [0.717, 1.165) is 16.6 Å². The number of anilines is 1. The second kappa shape index (κ2) is 10.5. The summed E-state index contributed by atoms with van der Waals surface area (Å²) in [6.07, 6.45) is 0.937. The predicted octanol–water partition coefficient (Wildman–Crippen LogP) is 3.09. The molecule has 0 atom stereocenters. The van der Waals surface area contributed by atoms with Crippen LogP contribution in [0.25, 0.3) is 10.2 Å². The highest BCUT2D eigenvalue weighted by atomic mass is 32.2. The van der Waals surface area contributed by atoms with E-state index in [1.54, 1.807) is 17.0 Å². The molecule has 1 amide bonds. The van der Waals surface area contributed by atoms with Gasteiger partial charge in [-0.2, -0.15) is 4.31 Å². The molecule has 4 rings (SSSR count). The molecule has 34 heavy (non-hydrogen) atoms. The SMILES string of the molecule is CCc1ccc2nc(N(CCN(C)C)C(=O)c3ccc(S(=O)(=O)N4CCOCC4)cc3)sc2c1. The minimum absolute atomic E-state index is 0.179. The highest BCUT2D eigenvalue weighted by Crippen LogP contribution is 2.31. The summed E-state index contributed by atoms with van der Waals surface area (Å²) in [5.74, 6) is -0.202. The van der Waals surface area contributed by atoms with Gasteiger partial charge in [-0.05, 0) is 62.5 Å². The fraction of sp³-hybridized carbons (Fsp3) is 0.417. The van der Waals surface area contributed by atoms with Crippen LogP contribution < -0.4 is 4.90 Å². The van der Waals surface area contributed by atoms with E-state index in [9.17, 15) is 13.2 Å². The Balaban J connectivity index is 1.61. The van der Waals surface area contributed by atoms with E-state index in [2.05, 4.69) is 19.1 Å². The van der Waals surface area contributed by atoms with Crippen LogP contribution in [0.15, 0.2) is 47.4 Å². The van der Waals surface area contributed by atoms with Gasteiger partial charge in [-0.15, -0.1) is 0 Å². The van der Waals surface area contributed by atoms with Crippen LogP contribution in [-0.4, -0.2) is 82.0 Å². The molecule has 1 aliphatic rings. The molecule has 1 saturated heterocycles. The number of hydrogen-bond donors (Lipinski definition) is 0. The van der Waals surface area contributed by atoms with Crippen molar-refractivity contribution < 1.29 is 17.9 Å². The van der Waals surface area contributed by atoms with Gasteiger partial charge in [0.1, 0.15) is 0 Å². The number of ether oxygens (including phenoxy) is 1. The first-order valence-electron chi connectivity index (χ1n) is 11.3. The van der Waals surface area contributed by atoms with Gasteiger partial charge in [0.05, 0.1) is 28.3 Å². The van der Waals surface area contributed by atoms with E-state index in [-0.39, 0.29) is 10.8 Å². The molecule has 1 fully saturated rings. The van der Waals surface area contributed by atoms with Gasteiger partial charge in [0.25, 0.3) is 5.91 Å². The molecule has 0 unspecified atom stereocenters. The monoisotopic (exact) mass is 502 g/mol. The molecule has 0 aliphatic carbocycles. The number of hydrogen-bond acceptors (Lipinski definition) is 7. The summed E-state index contributed by atoms with van der Waals surface area (Å²) in [6, 6.07) is 12.4. The number of likely N-dealkylation sites (N-methyl/N-ethyl adjacent to an activating group) is 1. The molecule has 3 aromatic rings. The average Bonchev–Trinajstić information content (AvgIpc) is 3.27. The summed E-state index contributed by atoms with van der Waals surface area (Å²) in [6.45, 7) is 4.69. The number of benzene rings is 2. The molecule has 0 bridgehead atoms. The molecule has 0 saturated carbocycles. The maximum absolute atomic E-state index is 13.5. The summed E-state index contributed by atoms with van der Waals surface area (Å²) in [5, 5.41) is 0.639. The molecular weight excluding hydrogens is 472 g/mol. The number of amides is 1. The molecule has 1 aromatic heterocycles. The largest absolute Gasteiger partial charge is 0.379 e. The van der Waals surface area contributed by atoms with Gasteiger partial charge >= 0.3 is 0 Å². The highest BCUT2D eigenvalue weighted by molar-refractivity contribution is 7.89. The van der Waals surface area contributed by atoms with Gasteiger partial charge in [0.15, 0.2) is 5.13 Å². The Bertz CT molecular complexity index is 1250. The second-order valence-corrected chi connectivity index (χ2v) is 11.4. The number of morpholine rings is 1. The molecule has 0 N–H and O–H groups in total. The third kappa shape index (κ3) is 5.31. The molecule has 182 valence electrons. The maximum atomic E-state index is 13.5. The maximum Gasteiger partial charge on any atom is 0.260 e. The van der Waals surface area contributed by atoms with Crippen molar-refractivity contribution in [3.8, 4) is 0 Å². The lowest BCUT2D eigenvalue weighted by Crippen LogP contribution is -2.40. The van der Waals surface area contributed by atoms with E-state index < -0.39 is 10.0 Å². The number of fused-ring (bicyclic) bond motifs is 1. The molecule has 10 heteroatoms. The van der Waals surface area contributed by atoms with Crippen molar-refractivity contribution in [1.82, 2.24) is 14.2 Å². The lowest BCUT2D eigenvalue weighted by molar-refractivity contribution is 0.0730. The Morgan fingerprint density at radius 2 is 1.79 bits per heavy atom. The Morgan fingerprint density at radius 3 is 2.44 bits per heavy atom. The van der Waals surface area contributed by atoms with E-state index >= 15 is 0 Å². The molecule has 2 heterocycles. The van der Waals surface area contributed by atoms with Crippen LogP contribution in [0.1, 0.15) is 22.8 Å². The fourth-order valence-electron chi connectivity index (χ4n) is 3.74. The molecular formula is C24H30N4O4S2. The van der Waals surface area contributed by atoms with Crippen molar-refractivity contribution in [3.05, 3.63) is 53.6 Å². The zero-order valence-corrected chi connectivity index (χ0v) is 21.4. The Labute approximate surface area is 204 Å². The molecule has 1 aliphatic heterocycles. The van der Waals surface area contributed by atoms with Crippen LogP contribution in [0, 0.1) is 0 Å². The van der Waals surface area contributed by atoms with Gasteiger partial charge in [-0.1, -0.05) is 24.3 Å². The molecule has 0 spiro atoms. The molecule has 0 radical (unpaired) electrons. The Hall–Kier alpha value is -2.37. The van der Waals surface area contributed by atoms with Crippen molar-refractivity contribution in [2.75, 3.05) is 58.4 Å². The van der Waals surface area contributed by atoms with Gasteiger partial charge in [0.2, 0.25) is 10.0 Å². The average molecular weight is 503 g/mol. The van der Waals surface area contributed by atoms with Crippen LogP contribution in [0.3, 0.4) is 0 Å². The van der Waals surface area contributed by atoms with Gasteiger partial charge in [-0.25, -0.2) is 13.4 Å². The number of sulfonamides is 1. The van der Waals surface area contributed by atoms with Crippen molar-refractivity contribution in [1.29, 1.82) is 0 Å². The lowest BCUT2D eigenvalue weighted by Gasteiger charge is -2.26. The molecule has 8 nitrogen and oxygen atoms in total. The minimum Gasteiger partial charge on any atom is -0.379 e. The van der Waals surface area contributed by atoms with Crippen LogP contribution in [-0.2, 0) is 21.2 Å². The number of rotatable bonds is 8. The van der Waals surface area contributed by atoms with Crippen LogP contribution in [0.5, 0.6) is 0 Å². The van der Waals surface area contributed by atoms with Gasteiger partial charge < -0.3 is 9.64 Å². The fourth-order valence-corrected chi connectivity index (χ4v) is 6.20. The zero-order valence-electron chi connectivity index (χ0n) is 19.7. The zero-order chi connectivity index (χ0) is 24.3. The normalized spacial score (nSPS) is 15.2. The summed E-state index contributed by atoms with van der Waals surface area (Å²) >= 11 is 1.50. The number of thiazole rings is 1. The van der Waals surface area contributed by atoms with Crippen molar-refractivity contribution in [2.24, 2.45) is 0 Å². The summed E-state index contributed by atoms with van der Waals surface area (Å²) < 4.78 is 33.6. The number of aryl methyl sites for hydroxylation is 1. The quantitative estimate of drug-likeness (QED) is 0.471. The van der Waals surface area contributed by atoms with Gasteiger partial charge in [0, 0.05) is 31.7 Å². The van der Waals surface area contributed by atoms with E-state index in [4.69, 9.17) is 9.72 Å². The van der Waals surface area contributed by atoms with Crippen molar-refractivity contribution in [3.63, 3.8) is 0 Å². The predicted molar refractivity (Wildman–Crippen MR) is 135 cm³/mol. The van der Waals surface area contributed by atoms with Gasteiger partial charge in [-0.3, -0.25) is 9.69 Å². The van der Waals surface area contributed by atoms with Crippen molar-refractivity contribution in [2.45, 2.75) is 18.2 Å². The Morgan fingerprint density at radius 1 is 1.09 bits per heavy atom. The third-order valence-electron chi connectivity index (χ3n) is 5.81. The smallest absolute Gasteiger partial charge is 0.260 e.